The van der Waals surface area contributed by atoms with Gasteiger partial charge in [0.2, 0.25) is 18.3 Å². The van der Waals surface area contributed by atoms with Gasteiger partial charge in [-0.15, -0.1) is 0 Å². The number of benzene rings is 4. The van der Waals surface area contributed by atoms with Gasteiger partial charge in [-0.1, -0.05) is 88.7 Å². The van der Waals surface area contributed by atoms with E-state index in [2.05, 4.69) is 92.4 Å². The van der Waals surface area contributed by atoms with Gasteiger partial charge in [0.05, 0.1) is 16.3 Å². The van der Waals surface area contributed by atoms with Gasteiger partial charge in [0.25, 0.3) is 0 Å². The highest BCUT2D eigenvalue weighted by Crippen LogP contribution is 2.32. The molecule has 1 heterocycles. The number of sulfonamides is 1. The van der Waals surface area contributed by atoms with Crippen molar-refractivity contribution in [2.24, 2.45) is 5.14 Å². The standard InChI is InChI=1S/C26H22BrN3O2SSi/c27-21-13-11-20(12-14-21)26-19-34(24-7-3-1-4-8-24,25-9-5-2-6-10-25)29-30(26)22-15-17-23(18-16-22)33(28,31)32/h1-19,29H,(H2,28,31,32). The molecule has 0 aromatic heterocycles. The van der Waals surface area contributed by atoms with E-state index < -0.39 is 18.3 Å². The van der Waals surface area contributed by atoms with E-state index in [9.17, 15) is 8.42 Å². The predicted molar refractivity (Wildman–Crippen MR) is 143 cm³/mol. The molecule has 8 heteroatoms. The smallest absolute Gasteiger partial charge is 0.238 e. The van der Waals surface area contributed by atoms with Crippen LogP contribution in [0.4, 0.5) is 5.69 Å². The highest BCUT2D eigenvalue weighted by Gasteiger charge is 2.44. The lowest BCUT2D eigenvalue weighted by atomic mass is 10.1. The van der Waals surface area contributed by atoms with E-state index in [4.69, 9.17) is 5.14 Å². The fourth-order valence-electron chi connectivity index (χ4n) is 4.22. The van der Waals surface area contributed by atoms with E-state index in [0.29, 0.717) is 0 Å². The van der Waals surface area contributed by atoms with Crippen molar-refractivity contribution in [3.05, 3.63) is 125 Å². The third kappa shape index (κ3) is 4.26. The molecule has 1 aliphatic heterocycles. The highest BCUT2D eigenvalue weighted by molar-refractivity contribution is 9.10. The van der Waals surface area contributed by atoms with Gasteiger partial charge in [0, 0.05) is 4.47 Å². The molecular weight excluding hydrogens is 526 g/mol. The summed E-state index contributed by atoms with van der Waals surface area (Å²) in [6.07, 6.45) is 0. The van der Waals surface area contributed by atoms with Crippen LogP contribution in [0.3, 0.4) is 0 Å². The fourth-order valence-corrected chi connectivity index (χ4v) is 8.74. The van der Waals surface area contributed by atoms with Gasteiger partial charge in [0.1, 0.15) is 0 Å². The average molecular weight is 549 g/mol. The normalized spacial score (nSPS) is 15.2. The molecule has 3 N–H and O–H groups in total. The molecule has 0 aliphatic carbocycles. The number of primary sulfonamides is 1. The van der Waals surface area contributed by atoms with Crippen LogP contribution in [-0.4, -0.2) is 16.7 Å². The van der Waals surface area contributed by atoms with Crippen molar-refractivity contribution >= 4 is 55.9 Å². The molecule has 0 saturated carbocycles. The number of nitrogens with one attached hydrogen (secondary N) is 1. The van der Waals surface area contributed by atoms with Crippen molar-refractivity contribution in [2.75, 3.05) is 5.01 Å². The number of hydrogen-bond acceptors (Lipinski definition) is 4. The summed E-state index contributed by atoms with van der Waals surface area (Å²) in [6, 6.07) is 35.8. The van der Waals surface area contributed by atoms with Crippen LogP contribution in [0.25, 0.3) is 5.70 Å². The summed E-state index contributed by atoms with van der Waals surface area (Å²) in [4.78, 5) is 0.0826. The summed E-state index contributed by atoms with van der Waals surface area (Å²) in [7, 11) is -6.35. The maximum absolute atomic E-state index is 11.8. The highest BCUT2D eigenvalue weighted by atomic mass is 79.9. The lowest BCUT2D eigenvalue weighted by Gasteiger charge is -2.31. The topological polar surface area (TPSA) is 75.4 Å². The Balaban J connectivity index is 1.71. The van der Waals surface area contributed by atoms with Crippen LogP contribution in [-0.2, 0) is 10.0 Å². The fraction of sp³-hybridized carbons (Fsp3) is 0. The summed E-state index contributed by atoms with van der Waals surface area (Å²) in [5.74, 6) is 0. The number of nitrogens with zero attached hydrogens (tertiary/aromatic N) is 1. The minimum atomic E-state index is -3.77. The maximum Gasteiger partial charge on any atom is 0.238 e. The molecule has 170 valence electrons. The van der Waals surface area contributed by atoms with Gasteiger partial charge < -0.3 is 0 Å². The molecule has 4 aromatic carbocycles. The lowest BCUT2D eigenvalue weighted by molar-refractivity contribution is 0.598. The molecule has 0 spiro atoms. The summed E-state index contributed by atoms with van der Waals surface area (Å²) < 4.78 is 24.6. The first-order valence-electron chi connectivity index (χ1n) is 10.7. The van der Waals surface area contributed by atoms with E-state index in [1.54, 1.807) is 12.1 Å². The molecular formula is C26H22BrN3O2SSi. The van der Waals surface area contributed by atoms with Crippen LogP contribution >= 0.6 is 15.9 Å². The monoisotopic (exact) mass is 547 g/mol. The van der Waals surface area contributed by atoms with E-state index in [1.807, 2.05) is 24.3 Å². The number of rotatable bonds is 5. The van der Waals surface area contributed by atoms with E-state index >= 15 is 0 Å². The largest absolute Gasteiger partial charge is 0.282 e. The number of nitrogens with two attached hydrogens (primary N) is 1. The minimum absolute atomic E-state index is 0.0826. The van der Waals surface area contributed by atoms with Gasteiger partial charge in [-0.3, -0.25) is 5.01 Å². The zero-order valence-corrected chi connectivity index (χ0v) is 21.5. The third-order valence-electron chi connectivity index (χ3n) is 5.90. The Hall–Kier alpha value is -3.01. The SMILES string of the molecule is NS(=O)(=O)c1ccc(N2N[Si](c3ccccc3)(c3ccccc3)C=C2c2ccc(Br)cc2)cc1. The predicted octanol–water partition coefficient (Wildman–Crippen LogP) is 3.76. The van der Waals surface area contributed by atoms with Crippen molar-refractivity contribution in [3.63, 3.8) is 0 Å². The molecule has 0 radical (unpaired) electrons. The minimum Gasteiger partial charge on any atom is -0.282 e. The first-order valence-corrected chi connectivity index (χ1v) is 15.1. The Morgan fingerprint density at radius 2 is 1.26 bits per heavy atom. The summed E-state index contributed by atoms with van der Waals surface area (Å²) >= 11 is 3.53. The molecule has 34 heavy (non-hydrogen) atoms. The lowest BCUT2D eigenvalue weighted by Crippen LogP contribution is -2.68. The van der Waals surface area contributed by atoms with Gasteiger partial charge in [-0.05, 0) is 58.0 Å². The number of anilines is 1. The van der Waals surface area contributed by atoms with Gasteiger partial charge in [-0.25, -0.2) is 18.6 Å². The molecule has 0 amide bonds. The van der Waals surface area contributed by atoms with Crippen LogP contribution < -0.4 is 25.6 Å². The van der Waals surface area contributed by atoms with Gasteiger partial charge in [0.15, 0.2) is 0 Å². The first-order chi connectivity index (χ1) is 16.4. The van der Waals surface area contributed by atoms with E-state index in [1.165, 1.54) is 22.5 Å². The second-order valence-electron chi connectivity index (χ2n) is 8.06. The third-order valence-corrected chi connectivity index (χ3v) is 11.1. The molecule has 0 fully saturated rings. The van der Waals surface area contributed by atoms with Crippen LogP contribution in [0.15, 0.2) is 124 Å². The Morgan fingerprint density at radius 3 is 1.76 bits per heavy atom. The number of hydrogen-bond donors (Lipinski definition) is 2. The molecule has 0 saturated heterocycles. The molecule has 0 unspecified atom stereocenters. The van der Waals surface area contributed by atoms with E-state index in [0.717, 1.165) is 21.4 Å². The Kier molecular flexibility index (Phi) is 6.01. The first kappa shape index (κ1) is 22.8. The van der Waals surface area contributed by atoms with Crippen LogP contribution in [0, 0.1) is 0 Å². The van der Waals surface area contributed by atoms with Crippen LogP contribution in [0.5, 0.6) is 0 Å². The summed E-state index contributed by atoms with van der Waals surface area (Å²) in [5.41, 5.74) is 5.24. The molecule has 0 bridgehead atoms. The molecule has 5 nitrogen and oxygen atoms in total. The van der Waals surface area contributed by atoms with Crippen molar-refractivity contribution in [3.8, 4) is 0 Å². The van der Waals surface area contributed by atoms with Crippen molar-refractivity contribution in [1.29, 1.82) is 0 Å². The molecule has 4 aromatic rings. The summed E-state index contributed by atoms with van der Waals surface area (Å²) in [5, 5.41) is 13.7. The van der Waals surface area contributed by atoms with Gasteiger partial charge in [-0.2, -0.15) is 0 Å². The van der Waals surface area contributed by atoms with E-state index in [-0.39, 0.29) is 4.90 Å². The molecule has 0 atom stereocenters. The van der Waals surface area contributed by atoms with Crippen molar-refractivity contribution in [1.82, 2.24) is 5.09 Å². The Morgan fingerprint density at radius 1 is 0.735 bits per heavy atom. The van der Waals surface area contributed by atoms with Crippen molar-refractivity contribution < 1.29 is 8.42 Å². The maximum atomic E-state index is 11.8. The van der Waals surface area contributed by atoms with Crippen molar-refractivity contribution in [2.45, 2.75) is 4.90 Å². The van der Waals surface area contributed by atoms with Crippen LogP contribution in [0.2, 0.25) is 0 Å². The van der Waals surface area contributed by atoms with Crippen LogP contribution in [0.1, 0.15) is 5.56 Å². The second kappa shape index (κ2) is 8.97. The quantitative estimate of drug-likeness (QED) is 0.373. The number of hydrazine groups is 1. The second-order valence-corrected chi connectivity index (χ2v) is 13.8. The molecule has 1 aliphatic rings. The number of halogens is 1. The summed E-state index contributed by atoms with van der Waals surface area (Å²) in [6.45, 7) is 0. The van der Waals surface area contributed by atoms with Gasteiger partial charge >= 0.3 is 0 Å². The zero-order valence-electron chi connectivity index (χ0n) is 18.1. The Labute approximate surface area is 208 Å². The Bertz CT molecular complexity index is 1400. The average Bonchev–Trinajstić information content (AvgIpc) is 3.27. The molecule has 5 rings (SSSR count). The zero-order chi connectivity index (χ0) is 23.8.